The Morgan fingerprint density at radius 2 is 1.82 bits per heavy atom. The van der Waals surface area contributed by atoms with Gasteiger partial charge in [0.15, 0.2) is 9.84 Å². The Bertz CT molecular complexity index is 498. The highest BCUT2D eigenvalue weighted by Crippen LogP contribution is 2.15. The molecule has 0 radical (unpaired) electrons. The van der Waals surface area contributed by atoms with E-state index in [1.165, 1.54) is 19.2 Å². The lowest BCUT2D eigenvalue weighted by Crippen LogP contribution is -2.19. The first-order chi connectivity index (χ1) is 7.86. The first-order valence-corrected chi connectivity index (χ1v) is 7.28. The number of rotatable bonds is 2. The van der Waals surface area contributed by atoms with Crippen molar-refractivity contribution in [1.29, 1.82) is 0 Å². The highest BCUT2D eigenvalue weighted by atomic mass is 32.2. The maximum atomic E-state index is 11.4. The van der Waals surface area contributed by atoms with E-state index in [2.05, 4.69) is 5.32 Å². The van der Waals surface area contributed by atoms with Crippen molar-refractivity contribution in [3.05, 3.63) is 29.3 Å². The third-order valence-corrected chi connectivity index (χ3v) is 3.22. The van der Waals surface area contributed by atoms with Crippen LogP contribution in [-0.4, -0.2) is 27.6 Å². The minimum Gasteiger partial charge on any atom is -0.355 e. The number of nitrogens with one attached hydrogen (secondary N) is 1. The minimum atomic E-state index is -3.26. The third-order valence-electron chi connectivity index (χ3n) is 2.11. The van der Waals surface area contributed by atoms with Gasteiger partial charge in [-0.3, -0.25) is 4.79 Å². The van der Waals surface area contributed by atoms with Gasteiger partial charge in [-0.1, -0.05) is 19.9 Å². The molecule has 17 heavy (non-hydrogen) atoms. The van der Waals surface area contributed by atoms with Crippen molar-refractivity contribution in [2.75, 3.05) is 13.3 Å². The fourth-order valence-corrected chi connectivity index (χ4v) is 1.86. The smallest absolute Gasteiger partial charge is 0.251 e. The SMILES string of the molecule is CC.CNC(=O)c1cc(S(C)(=O)=O)ccc1C.[HH]. The average molecular weight is 259 g/mol. The summed E-state index contributed by atoms with van der Waals surface area (Å²) in [5.74, 6) is -0.280. The molecule has 0 atom stereocenters. The zero-order chi connectivity index (χ0) is 13.6. The van der Waals surface area contributed by atoms with Crippen LogP contribution in [0.25, 0.3) is 0 Å². The largest absolute Gasteiger partial charge is 0.355 e. The number of benzene rings is 1. The predicted molar refractivity (Wildman–Crippen MR) is 71.1 cm³/mol. The fraction of sp³-hybridized carbons (Fsp3) is 0.417. The van der Waals surface area contributed by atoms with Crippen molar-refractivity contribution in [1.82, 2.24) is 5.32 Å². The number of amides is 1. The third kappa shape index (κ3) is 4.19. The molecule has 1 rings (SSSR count). The van der Waals surface area contributed by atoms with Gasteiger partial charge in [-0.25, -0.2) is 8.42 Å². The summed E-state index contributed by atoms with van der Waals surface area (Å²) < 4.78 is 22.6. The molecular formula is C12H21NO3S. The molecule has 1 N–H and O–H groups in total. The molecule has 0 unspecified atom stereocenters. The average Bonchev–Trinajstić information content (AvgIpc) is 2.30. The molecule has 0 fully saturated rings. The lowest BCUT2D eigenvalue weighted by molar-refractivity contribution is 0.0962. The summed E-state index contributed by atoms with van der Waals surface area (Å²) in [6.07, 6.45) is 1.12. The molecule has 1 aromatic carbocycles. The highest BCUT2D eigenvalue weighted by Gasteiger charge is 2.12. The van der Waals surface area contributed by atoms with Crippen molar-refractivity contribution < 1.29 is 14.6 Å². The molecule has 5 heteroatoms. The molecule has 0 aromatic heterocycles. The molecule has 0 heterocycles. The van der Waals surface area contributed by atoms with Crippen molar-refractivity contribution in [2.45, 2.75) is 25.7 Å². The summed E-state index contributed by atoms with van der Waals surface area (Å²) in [6.45, 7) is 5.76. The van der Waals surface area contributed by atoms with E-state index < -0.39 is 9.84 Å². The van der Waals surface area contributed by atoms with Crippen LogP contribution in [0.3, 0.4) is 0 Å². The van der Waals surface area contributed by atoms with Crippen molar-refractivity contribution in [3.8, 4) is 0 Å². The fourth-order valence-electron chi connectivity index (χ4n) is 1.21. The number of aryl methyl sites for hydroxylation is 1. The maximum absolute atomic E-state index is 11.4. The zero-order valence-corrected chi connectivity index (χ0v) is 11.7. The van der Waals surface area contributed by atoms with Crippen molar-refractivity contribution >= 4 is 15.7 Å². The van der Waals surface area contributed by atoms with E-state index >= 15 is 0 Å². The molecule has 0 aliphatic carbocycles. The number of hydrogen-bond acceptors (Lipinski definition) is 3. The molecule has 0 aliphatic heterocycles. The van der Waals surface area contributed by atoms with Crippen LogP contribution in [0.15, 0.2) is 23.1 Å². The van der Waals surface area contributed by atoms with Crippen LogP contribution in [-0.2, 0) is 9.84 Å². The standard InChI is InChI=1S/C10H13NO3S.C2H6.H2/c1-7-4-5-8(15(3,13)14)6-9(7)10(12)11-2;1-2;/h4-6H,1-3H3,(H,11,12);1-2H3;1H. The van der Waals surface area contributed by atoms with Gasteiger partial charge in [0.05, 0.1) is 4.90 Å². The molecule has 0 aliphatic rings. The highest BCUT2D eigenvalue weighted by molar-refractivity contribution is 7.90. The van der Waals surface area contributed by atoms with E-state index in [-0.39, 0.29) is 12.2 Å². The quantitative estimate of drug-likeness (QED) is 0.884. The summed E-state index contributed by atoms with van der Waals surface area (Å²) in [4.78, 5) is 11.6. The predicted octanol–water partition coefficient (Wildman–Crippen LogP) is 2.03. The summed E-state index contributed by atoms with van der Waals surface area (Å²) in [5.41, 5.74) is 1.14. The van der Waals surface area contributed by atoms with Gasteiger partial charge in [0, 0.05) is 20.3 Å². The summed E-state index contributed by atoms with van der Waals surface area (Å²) in [5, 5.41) is 2.47. The summed E-state index contributed by atoms with van der Waals surface area (Å²) in [7, 11) is -1.76. The first kappa shape index (κ1) is 15.6. The molecular weight excluding hydrogens is 238 g/mol. The Morgan fingerprint density at radius 3 is 2.24 bits per heavy atom. The molecule has 98 valence electrons. The summed E-state index contributed by atoms with van der Waals surface area (Å²) in [6, 6.07) is 4.52. The number of hydrogen-bond donors (Lipinski definition) is 1. The van der Waals surface area contributed by atoms with Gasteiger partial charge in [-0.15, -0.1) is 0 Å². The van der Waals surface area contributed by atoms with E-state index in [1.807, 2.05) is 13.8 Å². The van der Waals surface area contributed by atoms with Gasteiger partial charge in [0.25, 0.3) is 5.91 Å². The second-order valence-electron chi connectivity index (χ2n) is 3.33. The zero-order valence-electron chi connectivity index (χ0n) is 10.9. The Morgan fingerprint density at radius 1 is 1.29 bits per heavy atom. The number of sulfone groups is 1. The van der Waals surface area contributed by atoms with E-state index in [9.17, 15) is 13.2 Å². The topological polar surface area (TPSA) is 63.2 Å². The van der Waals surface area contributed by atoms with Gasteiger partial charge < -0.3 is 5.32 Å². The second kappa shape index (κ2) is 6.39. The molecule has 0 saturated heterocycles. The lowest BCUT2D eigenvalue weighted by Gasteiger charge is -2.06. The van der Waals surface area contributed by atoms with Crippen LogP contribution in [0.1, 0.15) is 31.2 Å². The number of carbonyl (C=O) groups excluding carboxylic acids is 1. The van der Waals surface area contributed by atoms with Crippen LogP contribution >= 0.6 is 0 Å². The van der Waals surface area contributed by atoms with E-state index in [4.69, 9.17) is 0 Å². The Labute approximate surface area is 104 Å². The monoisotopic (exact) mass is 259 g/mol. The maximum Gasteiger partial charge on any atom is 0.251 e. The van der Waals surface area contributed by atoms with E-state index in [0.29, 0.717) is 5.56 Å². The minimum absolute atomic E-state index is 0. The Kier molecular flexibility index (Phi) is 5.88. The molecule has 0 saturated carbocycles. The molecule has 1 amide bonds. The normalized spacial score (nSPS) is 10.2. The van der Waals surface area contributed by atoms with Crippen molar-refractivity contribution in [2.24, 2.45) is 0 Å². The van der Waals surface area contributed by atoms with Crippen LogP contribution in [0, 0.1) is 6.92 Å². The van der Waals surface area contributed by atoms with E-state index in [1.54, 1.807) is 13.0 Å². The lowest BCUT2D eigenvalue weighted by atomic mass is 10.1. The van der Waals surface area contributed by atoms with Gasteiger partial charge in [0.2, 0.25) is 0 Å². The number of carbonyl (C=O) groups is 1. The van der Waals surface area contributed by atoms with Gasteiger partial charge in [0.1, 0.15) is 0 Å². The van der Waals surface area contributed by atoms with Crippen LogP contribution in [0.4, 0.5) is 0 Å². The van der Waals surface area contributed by atoms with Gasteiger partial charge in [-0.2, -0.15) is 0 Å². The molecule has 1 aromatic rings. The molecule has 4 nitrogen and oxygen atoms in total. The second-order valence-corrected chi connectivity index (χ2v) is 5.34. The molecule has 0 bridgehead atoms. The van der Waals surface area contributed by atoms with Crippen molar-refractivity contribution in [3.63, 3.8) is 0 Å². The van der Waals surface area contributed by atoms with Gasteiger partial charge >= 0.3 is 0 Å². The van der Waals surface area contributed by atoms with Gasteiger partial charge in [-0.05, 0) is 24.6 Å². The molecule has 0 spiro atoms. The Hall–Kier alpha value is -1.36. The van der Waals surface area contributed by atoms with E-state index in [0.717, 1.165) is 11.8 Å². The van der Waals surface area contributed by atoms with Crippen LogP contribution < -0.4 is 5.32 Å². The first-order valence-electron chi connectivity index (χ1n) is 5.39. The summed E-state index contributed by atoms with van der Waals surface area (Å²) >= 11 is 0. The van der Waals surface area contributed by atoms with Crippen LogP contribution in [0.2, 0.25) is 0 Å². The van der Waals surface area contributed by atoms with Crippen LogP contribution in [0.5, 0.6) is 0 Å². The Balaban J connectivity index is 0.